The maximum Gasteiger partial charge on any atom is 0.260 e. The molecule has 2 unspecified atom stereocenters. The van der Waals surface area contributed by atoms with E-state index in [1.54, 1.807) is 19.1 Å². The SMILES string of the molecule is CC(Oc1ccccc1)C(=O)NCC(O)c1ccc2c(c1)CCN2C. The van der Waals surface area contributed by atoms with E-state index in [0.717, 1.165) is 18.5 Å². The molecule has 1 heterocycles. The standard InChI is InChI=1S/C20H24N2O3/c1-14(25-17-6-4-3-5-7-17)20(24)21-13-19(23)16-8-9-18-15(12-16)10-11-22(18)2/h3-9,12,14,19,23H,10-11,13H2,1-2H3,(H,21,24). The number of para-hydroxylation sites is 1. The first kappa shape index (κ1) is 17.3. The molecule has 2 atom stereocenters. The Morgan fingerprint density at radius 3 is 2.80 bits per heavy atom. The quantitative estimate of drug-likeness (QED) is 0.847. The molecule has 0 saturated carbocycles. The Morgan fingerprint density at radius 1 is 1.28 bits per heavy atom. The molecule has 1 aliphatic rings. The molecule has 0 saturated heterocycles. The summed E-state index contributed by atoms with van der Waals surface area (Å²) < 4.78 is 5.59. The molecule has 3 rings (SSSR count). The Bertz CT molecular complexity index is 733. The lowest BCUT2D eigenvalue weighted by atomic mass is 10.0. The zero-order chi connectivity index (χ0) is 17.8. The lowest BCUT2D eigenvalue weighted by molar-refractivity contribution is -0.127. The number of carbonyl (C=O) groups excluding carboxylic acids is 1. The predicted molar refractivity (Wildman–Crippen MR) is 97.9 cm³/mol. The van der Waals surface area contributed by atoms with Crippen LogP contribution in [-0.4, -0.2) is 37.3 Å². The Balaban J connectivity index is 1.53. The number of nitrogens with zero attached hydrogens (tertiary/aromatic N) is 1. The van der Waals surface area contributed by atoms with Gasteiger partial charge in [0.15, 0.2) is 6.10 Å². The van der Waals surface area contributed by atoms with Crippen molar-refractivity contribution in [1.82, 2.24) is 5.32 Å². The van der Waals surface area contributed by atoms with Crippen LogP contribution < -0.4 is 15.0 Å². The number of benzene rings is 2. The van der Waals surface area contributed by atoms with Gasteiger partial charge in [0, 0.05) is 25.8 Å². The van der Waals surface area contributed by atoms with Crippen LogP contribution in [0.3, 0.4) is 0 Å². The Labute approximate surface area is 148 Å². The van der Waals surface area contributed by atoms with Gasteiger partial charge in [-0.25, -0.2) is 0 Å². The zero-order valence-corrected chi connectivity index (χ0v) is 14.6. The number of fused-ring (bicyclic) bond motifs is 1. The largest absolute Gasteiger partial charge is 0.481 e. The van der Waals surface area contributed by atoms with E-state index >= 15 is 0 Å². The Morgan fingerprint density at radius 2 is 2.04 bits per heavy atom. The lowest BCUT2D eigenvalue weighted by Crippen LogP contribution is -2.38. The Hall–Kier alpha value is -2.53. The second-order valence-electron chi connectivity index (χ2n) is 6.39. The fourth-order valence-electron chi connectivity index (χ4n) is 3.01. The third-order valence-corrected chi connectivity index (χ3v) is 4.51. The van der Waals surface area contributed by atoms with E-state index in [1.165, 1.54) is 11.3 Å². The van der Waals surface area contributed by atoms with Gasteiger partial charge < -0.3 is 20.1 Å². The molecular weight excluding hydrogens is 316 g/mol. The van der Waals surface area contributed by atoms with Crippen molar-refractivity contribution in [2.75, 3.05) is 25.0 Å². The highest BCUT2D eigenvalue weighted by Crippen LogP contribution is 2.29. The second-order valence-corrected chi connectivity index (χ2v) is 6.39. The van der Waals surface area contributed by atoms with Crippen molar-refractivity contribution in [1.29, 1.82) is 0 Å². The van der Waals surface area contributed by atoms with Crippen LogP contribution in [0.4, 0.5) is 5.69 Å². The van der Waals surface area contributed by atoms with Crippen molar-refractivity contribution in [2.45, 2.75) is 25.6 Å². The number of aliphatic hydroxyl groups excluding tert-OH is 1. The van der Waals surface area contributed by atoms with Crippen LogP contribution >= 0.6 is 0 Å². The number of anilines is 1. The molecule has 0 fully saturated rings. The van der Waals surface area contributed by atoms with Gasteiger partial charge in [0.2, 0.25) is 0 Å². The van der Waals surface area contributed by atoms with Crippen LogP contribution in [0.2, 0.25) is 0 Å². The number of hydrogen-bond donors (Lipinski definition) is 2. The number of likely N-dealkylation sites (N-methyl/N-ethyl adjacent to an activating group) is 1. The van der Waals surface area contributed by atoms with Crippen LogP contribution in [-0.2, 0) is 11.2 Å². The maximum absolute atomic E-state index is 12.2. The Kier molecular flexibility index (Phi) is 5.24. The summed E-state index contributed by atoms with van der Waals surface area (Å²) in [7, 11) is 2.07. The van der Waals surface area contributed by atoms with Gasteiger partial charge in [-0.15, -0.1) is 0 Å². The van der Waals surface area contributed by atoms with Crippen molar-refractivity contribution in [3.8, 4) is 5.75 Å². The summed E-state index contributed by atoms with van der Waals surface area (Å²) in [5.74, 6) is 0.400. The van der Waals surface area contributed by atoms with Crippen molar-refractivity contribution in [3.63, 3.8) is 0 Å². The van der Waals surface area contributed by atoms with E-state index in [4.69, 9.17) is 4.74 Å². The number of nitrogens with one attached hydrogen (secondary N) is 1. The molecule has 1 aliphatic heterocycles. The van der Waals surface area contributed by atoms with Gasteiger partial charge in [0.05, 0.1) is 6.10 Å². The van der Waals surface area contributed by atoms with Crippen LogP contribution in [0, 0.1) is 0 Å². The fourth-order valence-corrected chi connectivity index (χ4v) is 3.01. The molecule has 0 aromatic heterocycles. The topological polar surface area (TPSA) is 61.8 Å². The molecule has 25 heavy (non-hydrogen) atoms. The molecule has 0 aliphatic carbocycles. The van der Waals surface area contributed by atoms with Crippen LogP contribution in [0.5, 0.6) is 5.75 Å². The summed E-state index contributed by atoms with van der Waals surface area (Å²) >= 11 is 0. The number of rotatable bonds is 6. The summed E-state index contributed by atoms with van der Waals surface area (Å²) in [6, 6.07) is 15.2. The highest BCUT2D eigenvalue weighted by atomic mass is 16.5. The molecule has 2 aromatic carbocycles. The number of aliphatic hydroxyl groups is 1. The molecule has 5 heteroatoms. The molecule has 0 bridgehead atoms. The molecule has 2 N–H and O–H groups in total. The van der Waals surface area contributed by atoms with Gasteiger partial charge >= 0.3 is 0 Å². The summed E-state index contributed by atoms with van der Waals surface area (Å²) in [6.45, 7) is 2.86. The highest BCUT2D eigenvalue weighted by molar-refractivity contribution is 5.80. The molecule has 0 spiro atoms. The van der Waals surface area contributed by atoms with Gasteiger partial charge in [-0.05, 0) is 42.7 Å². The second kappa shape index (κ2) is 7.57. The van der Waals surface area contributed by atoms with E-state index in [9.17, 15) is 9.90 Å². The van der Waals surface area contributed by atoms with E-state index in [1.807, 2.05) is 36.4 Å². The van der Waals surface area contributed by atoms with Gasteiger partial charge in [-0.3, -0.25) is 4.79 Å². The van der Waals surface area contributed by atoms with Crippen LogP contribution in [0.25, 0.3) is 0 Å². The summed E-state index contributed by atoms with van der Waals surface area (Å²) in [6.07, 6.45) is -0.367. The normalized spacial score (nSPS) is 15.4. The lowest BCUT2D eigenvalue weighted by Gasteiger charge is -2.18. The fraction of sp³-hybridized carbons (Fsp3) is 0.350. The van der Waals surface area contributed by atoms with Gasteiger partial charge in [-0.2, -0.15) is 0 Å². The van der Waals surface area contributed by atoms with E-state index in [2.05, 4.69) is 17.3 Å². The molecular formula is C20H24N2O3. The smallest absolute Gasteiger partial charge is 0.260 e. The highest BCUT2D eigenvalue weighted by Gasteiger charge is 2.19. The van der Waals surface area contributed by atoms with E-state index in [-0.39, 0.29) is 12.5 Å². The monoisotopic (exact) mass is 340 g/mol. The summed E-state index contributed by atoms with van der Waals surface area (Å²) in [5, 5.41) is 13.1. The van der Waals surface area contributed by atoms with Crippen molar-refractivity contribution >= 4 is 11.6 Å². The first-order valence-electron chi connectivity index (χ1n) is 8.56. The van der Waals surface area contributed by atoms with Crippen molar-refractivity contribution < 1.29 is 14.6 Å². The van der Waals surface area contributed by atoms with Crippen LogP contribution in [0.15, 0.2) is 48.5 Å². The number of amides is 1. The predicted octanol–water partition coefficient (Wildman–Crippen LogP) is 2.30. The first-order valence-corrected chi connectivity index (χ1v) is 8.56. The summed E-state index contributed by atoms with van der Waals surface area (Å²) in [4.78, 5) is 14.4. The van der Waals surface area contributed by atoms with Gasteiger partial charge in [-0.1, -0.05) is 30.3 Å². The average molecular weight is 340 g/mol. The minimum absolute atomic E-state index is 0.163. The third-order valence-electron chi connectivity index (χ3n) is 4.51. The molecule has 0 radical (unpaired) electrons. The zero-order valence-electron chi connectivity index (χ0n) is 14.6. The van der Waals surface area contributed by atoms with E-state index in [0.29, 0.717) is 5.75 Å². The third kappa shape index (κ3) is 4.12. The maximum atomic E-state index is 12.2. The average Bonchev–Trinajstić information content (AvgIpc) is 3.00. The van der Waals surface area contributed by atoms with Crippen molar-refractivity contribution in [2.24, 2.45) is 0 Å². The number of ether oxygens (including phenoxy) is 1. The minimum Gasteiger partial charge on any atom is -0.481 e. The molecule has 1 amide bonds. The summed E-state index contributed by atoms with van der Waals surface area (Å²) in [5.41, 5.74) is 3.28. The van der Waals surface area contributed by atoms with Crippen LogP contribution in [0.1, 0.15) is 24.2 Å². The molecule has 132 valence electrons. The van der Waals surface area contributed by atoms with E-state index < -0.39 is 12.2 Å². The minimum atomic E-state index is -0.732. The van der Waals surface area contributed by atoms with Gasteiger partial charge in [0.25, 0.3) is 5.91 Å². The van der Waals surface area contributed by atoms with Crippen molar-refractivity contribution in [3.05, 3.63) is 59.7 Å². The number of hydrogen-bond acceptors (Lipinski definition) is 4. The molecule has 2 aromatic rings. The molecule has 5 nitrogen and oxygen atoms in total. The van der Waals surface area contributed by atoms with Gasteiger partial charge in [0.1, 0.15) is 5.75 Å². The number of carbonyl (C=O) groups is 1. The first-order chi connectivity index (χ1) is 12.0.